The van der Waals surface area contributed by atoms with Crippen LogP contribution in [0.25, 0.3) is 10.9 Å². The van der Waals surface area contributed by atoms with Crippen LogP contribution < -0.4 is 21.7 Å². The molecule has 0 saturated carbocycles. The molecule has 0 spiro atoms. The lowest BCUT2D eigenvalue weighted by Gasteiger charge is -2.24. The van der Waals surface area contributed by atoms with Crippen LogP contribution in [0.15, 0.2) is 30.5 Å². The molecule has 0 fully saturated rings. The van der Waals surface area contributed by atoms with Crippen molar-refractivity contribution in [1.29, 1.82) is 0 Å². The maximum atomic E-state index is 13.1. The van der Waals surface area contributed by atoms with Crippen LogP contribution in [0.1, 0.15) is 12.0 Å². The van der Waals surface area contributed by atoms with E-state index in [2.05, 4.69) is 33.6 Å². The number of nitrogens with one attached hydrogen (secondary N) is 4. The molecule has 1 aromatic carbocycles. The Kier molecular flexibility index (Phi) is 10.1. The number of aromatic nitrogens is 1. The van der Waals surface area contributed by atoms with Gasteiger partial charge in [0.15, 0.2) is 0 Å². The summed E-state index contributed by atoms with van der Waals surface area (Å²) in [5.41, 5.74) is 6.95. The van der Waals surface area contributed by atoms with Gasteiger partial charge in [-0.05, 0) is 11.6 Å². The summed E-state index contributed by atoms with van der Waals surface area (Å²) < 4.78 is 0. The standard InChI is InChI=1S/C21H27N5O8S/c22-12(8-27)18(30)24-14(5-10-7-23-13-4-2-1-3-11(10)13)19(31)25-15(6-17(28)29)20(32)26-16(9-35)21(33)34/h1-4,7,12,14-16,23,27,35H,5-6,8-9,22H2,(H,24,30)(H,25,31)(H,26,32)(H,28,29)(H,33,34). The number of aliphatic hydroxyl groups is 1. The van der Waals surface area contributed by atoms with Crippen molar-refractivity contribution in [2.45, 2.75) is 37.0 Å². The zero-order valence-electron chi connectivity index (χ0n) is 18.4. The number of fused-ring (bicyclic) bond motifs is 1. The van der Waals surface area contributed by atoms with Crippen molar-refractivity contribution in [1.82, 2.24) is 20.9 Å². The van der Waals surface area contributed by atoms with Gasteiger partial charge in [-0.25, -0.2) is 4.79 Å². The Labute approximate surface area is 204 Å². The van der Waals surface area contributed by atoms with Crippen molar-refractivity contribution in [3.63, 3.8) is 0 Å². The summed E-state index contributed by atoms with van der Waals surface area (Å²) in [6.07, 6.45) is 0.727. The Morgan fingerprint density at radius 3 is 2.14 bits per heavy atom. The van der Waals surface area contributed by atoms with E-state index in [0.29, 0.717) is 5.56 Å². The maximum absolute atomic E-state index is 13.1. The average Bonchev–Trinajstić information content (AvgIpc) is 3.23. The number of thiol groups is 1. The lowest BCUT2D eigenvalue weighted by atomic mass is 10.0. The minimum Gasteiger partial charge on any atom is -0.481 e. The average molecular weight is 510 g/mol. The van der Waals surface area contributed by atoms with E-state index in [9.17, 15) is 29.1 Å². The van der Waals surface area contributed by atoms with Crippen LogP contribution in [0, 0.1) is 0 Å². The van der Waals surface area contributed by atoms with Crippen LogP contribution in [0.3, 0.4) is 0 Å². The number of H-pyrrole nitrogens is 1. The van der Waals surface area contributed by atoms with Gasteiger partial charge in [0.05, 0.1) is 13.0 Å². The fourth-order valence-corrected chi connectivity index (χ4v) is 3.45. The molecule has 0 saturated heterocycles. The molecule has 0 aliphatic carbocycles. The van der Waals surface area contributed by atoms with Crippen LogP contribution in [-0.4, -0.2) is 86.5 Å². The number of para-hydroxylation sites is 1. The van der Waals surface area contributed by atoms with E-state index in [-0.39, 0.29) is 12.2 Å². The van der Waals surface area contributed by atoms with Gasteiger partial charge in [0.2, 0.25) is 17.7 Å². The summed E-state index contributed by atoms with van der Waals surface area (Å²) in [7, 11) is 0. The molecule has 2 aromatic rings. The molecule has 3 amide bonds. The van der Waals surface area contributed by atoms with Crippen LogP contribution in [-0.2, 0) is 30.4 Å². The number of carbonyl (C=O) groups is 5. The third-order valence-corrected chi connectivity index (χ3v) is 5.44. The van der Waals surface area contributed by atoms with E-state index in [1.807, 2.05) is 6.07 Å². The minimum absolute atomic E-state index is 0.0600. The molecule has 13 nitrogen and oxygen atoms in total. The molecule has 0 bridgehead atoms. The van der Waals surface area contributed by atoms with Gasteiger partial charge >= 0.3 is 11.9 Å². The first-order chi connectivity index (χ1) is 16.6. The Hall–Kier alpha value is -3.62. The number of aliphatic hydroxyl groups excluding tert-OH is 1. The molecule has 0 radical (unpaired) electrons. The number of hydrogen-bond acceptors (Lipinski definition) is 8. The van der Waals surface area contributed by atoms with Crippen LogP contribution in [0.5, 0.6) is 0 Å². The largest absolute Gasteiger partial charge is 0.481 e. The van der Waals surface area contributed by atoms with E-state index < -0.39 is 66.9 Å². The monoisotopic (exact) mass is 509 g/mol. The highest BCUT2D eigenvalue weighted by Crippen LogP contribution is 2.19. The van der Waals surface area contributed by atoms with Crippen LogP contribution in [0.2, 0.25) is 0 Å². The number of amides is 3. The van der Waals surface area contributed by atoms with Crippen molar-refractivity contribution < 1.29 is 39.3 Å². The Morgan fingerprint density at radius 2 is 1.54 bits per heavy atom. The third kappa shape index (κ3) is 7.70. The Morgan fingerprint density at radius 1 is 0.943 bits per heavy atom. The smallest absolute Gasteiger partial charge is 0.327 e. The Balaban J connectivity index is 2.29. The second-order valence-corrected chi connectivity index (χ2v) is 8.02. The maximum Gasteiger partial charge on any atom is 0.327 e. The number of hydrogen-bond donors (Lipinski definition) is 9. The zero-order chi connectivity index (χ0) is 26.1. The first-order valence-electron chi connectivity index (χ1n) is 10.4. The molecule has 1 aromatic heterocycles. The van der Waals surface area contributed by atoms with Gasteiger partial charge < -0.3 is 42.0 Å². The van der Waals surface area contributed by atoms with E-state index in [4.69, 9.17) is 15.9 Å². The number of carboxylic acid groups (broad SMARTS) is 2. The third-order valence-electron chi connectivity index (χ3n) is 5.07. The number of carboxylic acids is 2. The second kappa shape index (κ2) is 12.7. The molecular formula is C21H27N5O8S. The van der Waals surface area contributed by atoms with Gasteiger partial charge in [-0.2, -0.15) is 12.6 Å². The quantitative estimate of drug-likeness (QED) is 0.136. The number of aromatic amines is 1. The molecule has 14 heteroatoms. The molecule has 0 aliphatic heterocycles. The zero-order valence-corrected chi connectivity index (χ0v) is 19.3. The fourth-order valence-electron chi connectivity index (χ4n) is 3.21. The highest BCUT2D eigenvalue weighted by Gasteiger charge is 2.31. The van der Waals surface area contributed by atoms with Crippen molar-refractivity contribution >= 4 is 53.2 Å². The SMILES string of the molecule is NC(CO)C(=O)NC(Cc1c[nH]c2ccccc12)C(=O)NC(CC(=O)O)C(=O)NC(CS)C(=O)O. The molecule has 9 N–H and O–H groups in total. The van der Waals surface area contributed by atoms with Gasteiger partial charge in [-0.15, -0.1) is 0 Å². The molecule has 2 rings (SSSR count). The number of aliphatic carboxylic acids is 2. The van der Waals surface area contributed by atoms with Crippen molar-refractivity contribution in [3.05, 3.63) is 36.0 Å². The first kappa shape index (κ1) is 27.6. The predicted molar refractivity (Wildman–Crippen MR) is 127 cm³/mol. The summed E-state index contributed by atoms with van der Waals surface area (Å²) in [6.45, 7) is -0.683. The summed E-state index contributed by atoms with van der Waals surface area (Å²) >= 11 is 3.83. The first-order valence-corrected chi connectivity index (χ1v) is 11.1. The number of carbonyl (C=O) groups excluding carboxylic acids is 3. The highest BCUT2D eigenvalue weighted by atomic mass is 32.1. The molecule has 4 unspecified atom stereocenters. The Bertz CT molecular complexity index is 1090. The van der Waals surface area contributed by atoms with Crippen molar-refractivity contribution in [2.24, 2.45) is 5.73 Å². The van der Waals surface area contributed by atoms with Gasteiger partial charge in [-0.1, -0.05) is 18.2 Å². The molecule has 1 heterocycles. The van der Waals surface area contributed by atoms with Crippen LogP contribution in [0.4, 0.5) is 0 Å². The molecule has 35 heavy (non-hydrogen) atoms. The van der Waals surface area contributed by atoms with E-state index in [1.165, 1.54) is 0 Å². The van der Waals surface area contributed by atoms with Gasteiger partial charge in [0.1, 0.15) is 24.2 Å². The number of nitrogens with two attached hydrogens (primary N) is 1. The predicted octanol–water partition coefficient (Wildman–Crippen LogP) is -2.03. The fraction of sp³-hybridized carbons (Fsp3) is 0.381. The summed E-state index contributed by atoms with van der Waals surface area (Å²) in [6, 6.07) is 1.51. The van der Waals surface area contributed by atoms with Gasteiger partial charge in [0.25, 0.3) is 0 Å². The highest BCUT2D eigenvalue weighted by molar-refractivity contribution is 7.80. The number of rotatable bonds is 13. The molecule has 0 aliphatic rings. The van der Waals surface area contributed by atoms with Gasteiger partial charge in [-0.3, -0.25) is 19.2 Å². The van der Waals surface area contributed by atoms with Gasteiger partial charge in [0, 0.05) is 29.3 Å². The number of benzene rings is 1. The van der Waals surface area contributed by atoms with E-state index in [0.717, 1.165) is 10.9 Å². The second-order valence-electron chi connectivity index (χ2n) is 7.65. The minimum atomic E-state index is -1.64. The molecular weight excluding hydrogens is 482 g/mol. The van der Waals surface area contributed by atoms with Crippen molar-refractivity contribution in [3.8, 4) is 0 Å². The molecule has 190 valence electrons. The van der Waals surface area contributed by atoms with E-state index in [1.54, 1.807) is 24.4 Å². The van der Waals surface area contributed by atoms with Crippen molar-refractivity contribution in [2.75, 3.05) is 12.4 Å². The van der Waals surface area contributed by atoms with E-state index >= 15 is 0 Å². The molecule has 4 atom stereocenters. The summed E-state index contributed by atoms with van der Waals surface area (Å²) in [4.78, 5) is 63.4. The van der Waals surface area contributed by atoms with Crippen LogP contribution >= 0.6 is 12.6 Å². The lowest BCUT2D eigenvalue weighted by molar-refractivity contribution is -0.143. The summed E-state index contributed by atoms with van der Waals surface area (Å²) in [5.74, 6) is -5.89. The lowest BCUT2D eigenvalue weighted by Crippen LogP contribution is -2.58. The summed E-state index contributed by atoms with van der Waals surface area (Å²) in [5, 5.41) is 35.0. The topological polar surface area (TPSA) is 224 Å². The normalized spacial score (nSPS) is 14.4.